The van der Waals surface area contributed by atoms with Crippen molar-refractivity contribution in [1.82, 2.24) is 5.43 Å². The second kappa shape index (κ2) is 9.15. The standard InChI is InChI=1S/C25H23N3O2/c1-2-17-30-24-14-11-19-7-3-4-8-22(19)23(24)18-26-27-25(29)20-9-12-21(13-10-20)28-15-5-6-16-28/h1,3-4,7-14,18H,5-6,15-17H2,(H,27,29)/b26-18-. The molecule has 0 unspecified atom stereocenters. The van der Waals surface area contributed by atoms with Gasteiger partial charge in [-0.05, 0) is 53.9 Å². The lowest BCUT2D eigenvalue weighted by atomic mass is 10.0. The van der Waals surface area contributed by atoms with Gasteiger partial charge >= 0.3 is 0 Å². The summed E-state index contributed by atoms with van der Waals surface area (Å²) < 4.78 is 5.65. The molecule has 1 fully saturated rings. The van der Waals surface area contributed by atoms with Crippen LogP contribution in [0.3, 0.4) is 0 Å². The van der Waals surface area contributed by atoms with Gasteiger partial charge in [-0.3, -0.25) is 4.79 Å². The molecule has 150 valence electrons. The molecule has 0 bridgehead atoms. The Balaban J connectivity index is 1.50. The highest BCUT2D eigenvalue weighted by molar-refractivity contribution is 6.03. The van der Waals surface area contributed by atoms with Gasteiger partial charge < -0.3 is 9.64 Å². The minimum absolute atomic E-state index is 0.162. The SMILES string of the molecule is C#CCOc1ccc2ccccc2c1/C=N\NC(=O)c1ccc(N2CCCC2)cc1. The molecular formula is C25H23N3O2. The molecule has 1 aliphatic heterocycles. The molecule has 1 amide bonds. The molecule has 0 saturated carbocycles. The lowest BCUT2D eigenvalue weighted by Crippen LogP contribution is -2.19. The van der Waals surface area contributed by atoms with Crippen LogP contribution in [0.5, 0.6) is 5.75 Å². The molecule has 0 atom stereocenters. The van der Waals surface area contributed by atoms with Crippen molar-refractivity contribution in [3.8, 4) is 18.1 Å². The lowest BCUT2D eigenvalue weighted by Gasteiger charge is -2.17. The zero-order chi connectivity index (χ0) is 20.8. The van der Waals surface area contributed by atoms with Crippen LogP contribution >= 0.6 is 0 Å². The first kappa shape index (κ1) is 19.5. The first-order valence-electron chi connectivity index (χ1n) is 10.0. The second-order valence-electron chi connectivity index (χ2n) is 7.13. The van der Waals surface area contributed by atoms with E-state index >= 15 is 0 Å². The van der Waals surface area contributed by atoms with Crippen molar-refractivity contribution in [2.75, 3.05) is 24.6 Å². The van der Waals surface area contributed by atoms with Crippen LogP contribution in [0.4, 0.5) is 5.69 Å². The quantitative estimate of drug-likeness (QED) is 0.385. The van der Waals surface area contributed by atoms with E-state index in [2.05, 4.69) is 21.3 Å². The van der Waals surface area contributed by atoms with E-state index in [4.69, 9.17) is 11.2 Å². The number of rotatable bonds is 6. The van der Waals surface area contributed by atoms with E-state index in [0.29, 0.717) is 11.3 Å². The van der Waals surface area contributed by atoms with Gasteiger partial charge in [0.15, 0.2) is 0 Å². The van der Waals surface area contributed by atoms with Gasteiger partial charge in [0, 0.05) is 29.9 Å². The number of carbonyl (C=O) groups excluding carboxylic acids is 1. The summed E-state index contributed by atoms with van der Waals surface area (Å²) in [6, 6.07) is 19.4. The summed E-state index contributed by atoms with van der Waals surface area (Å²) in [6.07, 6.45) is 9.37. The smallest absolute Gasteiger partial charge is 0.271 e. The number of nitrogens with zero attached hydrogens (tertiary/aromatic N) is 2. The maximum atomic E-state index is 12.5. The largest absolute Gasteiger partial charge is 0.480 e. The van der Waals surface area contributed by atoms with E-state index < -0.39 is 0 Å². The summed E-state index contributed by atoms with van der Waals surface area (Å²) in [4.78, 5) is 14.8. The average molecular weight is 397 g/mol. The minimum atomic E-state index is -0.259. The molecule has 1 N–H and O–H groups in total. The van der Waals surface area contributed by atoms with E-state index in [9.17, 15) is 4.79 Å². The maximum Gasteiger partial charge on any atom is 0.271 e. The number of fused-ring (bicyclic) bond motifs is 1. The summed E-state index contributed by atoms with van der Waals surface area (Å²) in [5.41, 5.74) is 5.09. The highest BCUT2D eigenvalue weighted by Gasteiger charge is 2.13. The van der Waals surface area contributed by atoms with Crippen LogP contribution in [0.1, 0.15) is 28.8 Å². The average Bonchev–Trinajstić information content (AvgIpc) is 3.33. The molecule has 5 heteroatoms. The van der Waals surface area contributed by atoms with Crippen LogP contribution in [-0.2, 0) is 0 Å². The number of anilines is 1. The molecule has 3 aromatic carbocycles. The fraction of sp³-hybridized carbons (Fsp3) is 0.200. The Bertz CT molecular complexity index is 1110. The molecular weight excluding hydrogens is 374 g/mol. The Kier molecular flexibility index (Phi) is 5.95. The molecule has 0 spiro atoms. The number of hydrogen-bond donors (Lipinski definition) is 1. The van der Waals surface area contributed by atoms with Crippen molar-refractivity contribution in [2.45, 2.75) is 12.8 Å². The Labute approximate surface area is 176 Å². The van der Waals surface area contributed by atoms with Crippen LogP contribution in [0, 0.1) is 12.3 Å². The van der Waals surface area contributed by atoms with Crippen molar-refractivity contribution < 1.29 is 9.53 Å². The minimum Gasteiger partial charge on any atom is -0.480 e. The van der Waals surface area contributed by atoms with Crippen LogP contribution in [0.25, 0.3) is 10.8 Å². The molecule has 0 aliphatic carbocycles. The number of hydrogen-bond acceptors (Lipinski definition) is 4. The summed E-state index contributed by atoms with van der Waals surface area (Å²) in [5.74, 6) is 2.84. The van der Waals surface area contributed by atoms with Gasteiger partial charge in [-0.2, -0.15) is 5.10 Å². The third-order valence-corrected chi connectivity index (χ3v) is 5.20. The Morgan fingerprint density at radius 1 is 1.10 bits per heavy atom. The van der Waals surface area contributed by atoms with E-state index in [1.807, 2.05) is 60.7 Å². The van der Waals surface area contributed by atoms with E-state index in [-0.39, 0.29) is 12.5 Å². The summed E-state index contributed by atoms with van der Waals surface area (Å²) in [5, 5.41) is 6.19. The zero-order valence-corrected chi connectivity index (χ0v) is 16.7. The number of terminal acetylenes is 1. The summed E-state index contributed by atoms with van der Waals surface area (Å²) in [6.45, 7) is 2.31. The number of amides is 1. The van der Waals surface area contributed by atoms with Gasteiger partial charge in [0.1, 0.15) is 12.4 Å². The molecule has 0 aromatic heterocycles. The van der Waals surface area contributed by atoms with Crippen LogP contribution in [0.2, 0.25) is 0 Å². The molecule has 30 heavy (non-hydrogen) atoms. The highest BCUT2D eigenvalue weighted by Crippen LogP contribution is 2.26. The van der Waals surface area contributed by atoms with Gasteiger partial charge in [0.25, 0.3) is 5.91 Å². The number of benzene rings is 3. The van der Waals surface area contributed by atoms with Gasteiger partial charge in [-0.15, -0.1) is 6.42 Å². The Morgan fingerprint density at radius 3 is 2.63 bits per heavy atom. The van der Waals surface area contributed by atoms with E-state index in [1.54, 1.807) is 6.21 Å². The molecule has 4 rings (SSSR count). The van der Waals surface area contributed by atoms with Crippen molar-refractivity contribution >= 4 is 28.6 Å². The number of ether oxygens (including phenoxy) is 1. The van der Waals surface area contributed by atoms with Crippen molar-refractivity contribution in [3.63, 3.8) is 0 Å². The third kappa shape index (κ3) is 4.28. The zero-order valence-electron chi connectivity index (χ0n) is 16.7. The molecule has 5 nitrogen and oxygen atoms in total. The predicted molar refractivity (Wildman–Crippen MR) is 121 cm³/mol. The fourth-order valence-electron chi connectivity index (χ4n) is 3.67. The topological polar surface area (TPSA) is 53.9 Å². The number of hydrazone groups is 1. The molecule has 3 aromatic rings. The normalized spacial score (nSPS) is 13.5. The third-order valence-electron chi connectivity index (χ3n) is 5.20. The van der Waals surface area contributed by atoms with Gasteiger partial charge in [0.05, 0.1) is 6.21 Å². The Morgan fingerprint density at radius 2 is 1.87 bits per heavy atom. The van der Waals surface area contributed by atoms with Crippen LogP contribution in [0.15, 0.2) is 65.8 Å². The fourth-order valence-corrected chi connectivity index (χ4v) is 3.67. The van der Waals surface area contributed by atoms with E-state index in [1.165, 1.54) is 12.8 Å². The predicted octanol–water partition coefficient (Wildman–Crippen LogP) is 4.22. The van der Waals surface area contributed by atoms with Gasteiger partial charge in [-0.1, -0.05) is 36.3 Å². The monoisotopic (exact) mass is 397 g/mol. The van der Waals surface area contributed by atoms with Gasteiger partial charge in [0.2, 0.25) is 0 Å². The van der Waals surface area contributed by atoms with Crippen molar-refractivity contribution in [2.24, 2.45) is 5.10 Å². The van der Waals surface area contributed by atoms with Gasteiger partial charge in [-0.25, -0.2) is 5.43 Å². The molecule has 1 saturated heterocycles. The second-order valence-corrected chi connectivity index (χ2v) is 7.13. The number of carbonyl (C=O) groups is 1. The molecule has 1 aliphatic rings. The first-order valence-corrected chi connectivity index (χ1v) is 10.0. The summed E-state index contributed by atoms with van der Waals surface area (Å²) in [7, 11) is 0. The van der Waals surface area contributed by atoms with Crippen molar-refractivity contribution in [1.29, 1.82) is 0 Å². The van der Waals surface area contributed by atoms with Crippen LogP contribution < -0.4 is 15.1 Å². The Hall–Kier alpha value is -3.78. The maximum absolute atomic E-state index is 12.5. The molecule has 0 radical (unpaired) electrons. The van der Waals surface area contributed by atoms with Crippen LogP contribution in [-0.4, -0.2) is 31.8 Å². The number of nitrogens with one attached hydrogen (secondary N) is 1. The highest BCUT2D eigenvalue weighted by atomic mass is 16.5. The lowest BCUT2D eigenvalue weighted by molar-refractivity contribution is 0.0955. The van der Waals surface area contributed by atoms with Crippen molar-refractivity contribution in [3.05, 3.63) is 71.8 Å². The summed E-state index contributed by atoms with van der Waals surface area (Å²) >= 11 is 0. The van der Waals surface area contributed by atoms with E-state index in [0.717, 1.165) is 35.1 Å². The first-order chi connectivity index (χ1) is 14.8. The molecule has 1 heterocycles.